The lowest BCUT2D eigenvalue weighted by Crippen LogP contribution is -2.29. The highest BCUT2D eigenvalue weighted by atomic mass is 32.1. The summed E-state index contributed by atoms with van der Waals surface area (Å²) in [6.45, 7) is 0. The molecule has 3 aromatic rings. The van der Waals surface area contributed by atoms with Crippen molar-refractivity contribution in [2.75, 3.05) is 0 Å². The Labute approximate surface area is 167 Å². The lowest BCUT2D eigenvalue weighted by atomic mass is 10.1. The van der Waals surface area contributed by atoms with Crippen molar-refractivity contribution in [3.8, 4) is 11.3 Å². The van der Waals surface area contributed by atoms with E-state index in [2.05, 4.69) is 15.3 Å². The molecular weight excluding hydrogens is 400 g/mol. The van der Waals surface area contributed by atoms with E-state index in [1.54, 1.807) is 6.07 Å². The molecule has 0 atom stereocenters. The summed E-state index contributed by atoms with van der Waals surface area (Å²) in [7, 11) is 0. The van der Waals surface area contributed by atoms with Crippen molar-refractivity contribution in [2.45, 2.75) is 0 Å². The Morgan fingerprint density at radius 3 is 2.38 bits per heavy atom. The smallest absolute Gasteiger partial charge is 0.301 e. The van der Waals surface area contributed by atoms with E-state index in [0.29, 0.717) is 5.56 Å². The Hall–Kier alpha value is -4.19. The molecule has 0 spiro atoms. The molecule has 0 aliphatic heterocycles. The van der Waals surface area contributed by atoms with Gasteiger partial charge in [0.2, 0.25) is 0 Å². The van der Waals surface area contributed by atoms with E-state index in [9.17, 15) is 24.8 Å². The standard InChI is InChI=1S/C17H12N6O5S/c18-17(29)22-15(24)14(20-19-12-4-2-1-3-11(12)16(25)26)13(21-22)9-5-7-10(8-6-9)23(27)28/h1-8,21H,(H2,18,29)(H,25,26)/p-1. The van der Waals surface area contributed by atoms with Crippen LogP contribution in [0.5, 0.6) is 0 Å². The van der Waals surface area contributed by atoms with Gasteiger partial charge in [0, 0.05) is 23.3 Å². The molecule has 0 unspecified atom stereocenters. The van der Waals surface area contributed by atoms with Gasteiger partial charge < -0.3 is 15.6 Å². The molecule has 3 N–H and O–H groups in total. The number of thiocarbonyl (C=S) groups is 1. The first-order valence-corrected chi connectivity index (χ1v) is 8.32. The highest BCUT2D eigenvalue weighted by molar-refractivity contribution is 7.80. The highest BCUT2D eigenvalue weighted by Gasteiger charge is 2.18. The van der Waals surface area contributed by atoms with E-state index in [1.165, 1.54) is 42.5 Å². The number of aromatic amines is 1. The van der Waals surface area contributed by atoms with Crippen molar-refractivity contribution in [3.05, 3.63) is 74.6 Å². The van der Waals surface area contributed by atoms with Gasteiger partial charge in [-0.2, -0.15) is 4.68 Å². The third kappa shape index (κ3) is 3.91. The van der Waals surface area contributed by atoms with Crippen LogP contribution in [0.15, 0.2) is 63.6 Å². The van der Waals surface area contributed by atoms with E-state index in [1.807, 2.05) is 0 Å². The molecule has 0 bridgehead atoms. The van der Waals surface area contributed by atoms with Gasteiger partial charge in [-0.3, -0.25) is 20.0 Å². The molecule has 0 aliphatic rings. The van der Waals surface area contributed by atoms with Crippen LogP contribution in [0.1, 0.15) is 10.4 Å². The summed E-state index contributed by atoms with van der Waals surface area (Å²) in [4.78, 5) is 34.1. The Morgan fingerprint density at radius 2 is 1.79 bits per heavy atom. The number of nitrogens with two attached hydrogens (primary N) is 1. The third-order valence-corrected chi connectivity index (χ3v) is 4.02. The number of hydrogen-bond acceptors (Lipinski definition) is 8. The number of carbonyl (C=O) groups is 1. The van der Waals surface area contributed by atoms with Crippen LogP contribution in [0.4, 0.5) is 17.1 Å². The van der Waals surface area contributed by atoms with Crippen LogP contribution in [0.25, 0.3) is 11.3 Å². The normalized spacial score (nSPS) is 10.9. The van der Waals surface area contributed by atoms with Gasteiger partial charge in [-0.1, -0.05) is 18.2 Å². The van der Waals surface area contributed by atoms with Crippen molar-refractivity contribution >= 4 is 40.4 Å². The number of benzene rings is 2. The number of azo groups is 1. The summed E-state index contributed by atoms with van der Waals surface area (Å²) >= 11 is 4.82. The van der Waals surface area contributed by atoms with Gasteiger partial charge in [-0.15, -0.1) is 10.2 Å². The van der Waals surface area contributed by atoms with Gasteiger partial charge in [0.1, 0.15) is 0 Å². The maximum Gasteiger partial charge on any atom is 0.301 e. The predicted molar refractivity (Wildman–Crippen MR) is 104 cm³/mol. The number of hydrogen-bond donors (Lipinski definition) is 2. The zero-order chi connectivity index (χ0) is 21.1. The lowest BCUT2D eigenvalue weighted by molar-refractivity contribution is -0.384. The molecule has 1 aromatic heterocycles. The van der Waals surface area contributed by atoms with Crippen molar-refractivity contribution in [2.24, 2.45) is 16.0 Å². The Kier molecular flexibility index (Phi) is 5.27. The number of nitrogens with zero attached hydrogens (tertiary/aromatic N) is 4. The van der Waals surface area contributed by atoms with Crippen LogP contribution in [0, 0.1) is 10.1 Å². The number of carbonyl (C=O) groups excluding carboxylic acids is 1. The van der Waals surface area contributed by atoms with Crippen molar-refractivity contribution in [1.29, 1.82) is 0 Å². The highest BCUT2D eigenvalue weighted by Crippen LogP contribution is 2.29. The fraction of sp³-hybridized carbons (Fsp3) is 0. The molecule has 0 fully saturated rings. The first-order valence-electron chi connectivity index (χ1n) is 7.91. The Morgan fingerprint density at radius 1 is 1.14 bits per heavy atom. The van der Waals surface area contributed by atoms with Crippen LogP contribution < -0.4 is 16.4 Å². The minimum atomic E-state index is -1.45. The number of non-ortho nitro benzene ring substituents is 1. The second-order valence-electron chi connectivity index (χ2n) is 5.62. The quantitative estimate of drug-likeness (QED) is 0.278. The molecule has 3 rings (SSSR count). The van der Waals surface area contributed by atoms with Crippen LogP contribution in [-0.2, 0) is 0 Å². The van der Waals surface area contributed by atoms with Crippen molar-refractivity contribution < 1.29 is 14.8 Å². The maximum absolute atomic E-state index is 12.6. The zero-order valence-corrected chi connectivity index (χ0v) is 15.3. The zero-order valence-electron chi connectivity index (χ0n) is 14.4. The molecule has 0 amide bonds. The second kappa shape index (κ2) is 7.82. The van der Waals surface area contributed by atoms with Crippen LogP contribution in [0.3, 0.4) is 0 Å². The van der Waals surface area contributed by atoms with Crippen LogP contribution in [-0.4, -0.2) is 25.8 Å². The molecule has 0 saturated heterocycles. The molecule has 11 nitrogen and oxygen atoms in total. The molecule has 0 radical (unpaired) electrons. The number of nitrogens with one attached hydrogen (secondary N) is 1. The second-order valence-corrected chi connectivity index (χ2v) is 6.04. The van der Waals surface area contributed by atoms with Gasteiger partial charge in [-0.25, -0.2) is 0 Å². The molecular formula is C17H11N6O5S-. The van der Waals surface area contributed by atoms with E-state index < -0.39 is 16.5 Å². The monoisotopic (exact) mass is 411 g/mol. The first kappa shape index (κ1) is 19.6. The molecule has 146 valence electrons. The fourth-order valence-corrected chi connectivity index (χ4v) is 2.59. The topological polar surface area (TPSA) is 172 Å². The van der Waals surface area contributed by atoms with Gasteiger partial charge in [0.25, 0.3) is 5.69 Å². The molecule has 1 heterocycles. The summed E-state index contributed by atoms with van der Waals surface area (Å²) in [5.41, 5.74) is 4.74. The third-order valence-electron chi connectivity index (χ3n) is 3.83. The molecule has 0 aliphatic carbocycles. The van der Waals surface area contributed by atoms with Gasteiger partial charge >= 0.3 is 5.56 Å². The predicted octanol–water partition coefficient (Wildman–Crippen LogP) is 1.62. The number of nitro benzene ring substituents is 1. The number of carboxylic acid groups (broad SMARTS) is 1. The molecule has 0 saturated carbocycles. The summed E-state index contributed by atoms with van der Waals surface area (Å²) in [5, 5.41) is 32.1. The minimum Gasteiger partial charge on any atom is -0.545 e. The van der Waals surface area contributed by atoms with Gasteiger partial charge in [-0.05, 0) is 30.4 Å². The number of aromatic carboxylic acids is 1. The Balaban J connectivity index is 2.13. The summed E-state index contributed by atoms with van der Waals surface area (Å²) in [6.07, 6.45) is 0. The summed E-state index contributed by atoms with van der Waals surface area (Å²) in [5.74, 6) is -1.45. The number of carboxylic acids is 1. The lowest BCUT2D eigenvalue weighted by Gasteiger charge is -2.04. The SMILES string of the molecule is NC(=S)n1[nH]c(-c2ccc([N+](=O)[O-])cc2)c(N=Nc2ccccc2C(=O)[O-])c1=O. The molecule has 12 heteroatoms. The number of nitro groups is 1. The van der Waals surface area contributed by atoms with E-state index in [0.717, 1.165) is 4.68 Å². The molecule has 2 aromatic carbocycles. The minimum absolute atomic E-state index is 0.0235. The van der Waals surface area contributed by atoms with E-state index >= 15 is 0 Å². The number of H-pyrrole nitrogens is 1. The summed E-state index contributed by atoms with van der Waals surface area (Å²) in [6, 6.07) is 11.0. The maximum atomic E-state index is 12.6. The Bertz CT molecular complexity index is 1210. The van der Waals surface area contributed by atoms with Crippen molar-refractivity contribution in [1.82, 2.24) is 9.78 Å². The average molecular weight is 411 g/mol. The molecule has 29 heavy (non-hydrogen) atoms. The van der Waals surface area contributed by atoms with Crippen molar-refractivity contribution in [3.63, 3.8) is 0 Å². The fourth-order valence-electron chi connectivity index (χ4n) is 2.46. The summed E-state index contributed by atoms with van der Waals surface area (Å²) < 4.78 is 0.852. The van der Waals surface area contributed by atoms with Gasteiger partial charge in [0.05, 0.1) is 22.3 Å². The number of rotatable bonds is 5. The van der Waals surface area contributed by atoms with Gasteiger partial charge in [0.15, 0.2) is 10.8 Å². The van der Waals surface area contributed by atoms with E-state index in [4.69, 9.17) is 18.0 Å². The van der Waals surface area contributed by atoms with Crippen LogP contribution in [0.2, 0.25) is 0 Å². The number of aromatic nitrogens is 2. The van der Waals surface area contributed by atoms with E-state index in [-0.39, 0.29) is 33.4 Å². The first-order chi connectivity index (χ1) is 13.8. The largest absolute Gasteiger partial charge is 0.545 e. The van der Waals surface area contributed by atoms with Crippen LogP contribution >= 0.6 is 12.2 Å². The average Bonchev–Trinajstić information content (AvgIpc) is 3.03.